The highest BCUT2D eigenvalue weighted by Crippen LogP contribution is 2.27. The Hall–Kier alpha value is -2.92. The number of nitrogens with zero attached hydrogens (tertiary/aromatic N) is 1. The number of aromatic nitrogens is 1. The molecule has 0 aliphatic heterocycles. The number of rotatable bonds is 12. The van der Waals surface area contributed by atoms with Crippen molar-refractivity contribution >= 4 is 16.8 Å². The molecule has 0 spiro atoms. The van der Waals surface area contributed by atoms with E-state index in [2.05, 4.69) is 26.1 Å². The van der Waals surface area contributed by atoms with Crippen LogP contribution in [0, 0.1) is 0 Å². The van der Waals surface area contributed by atoms with E-state index in [4.69, 9.17) is 9.72 Å². The highest BCUT2D eigenvalue weighted by molar-refractivity contribution is 6.07. The Morgan fingerprint density at radius 2 is 1.81 bits per heavy atom. The zero-order valence-electron chi connectivity index (χ0n) is 19.6. The van der Waals surface area contributed by atoms with Crippen LogP contribution in [0.1, 0.15) is 50.4 Å². The van der Waals surface area contributed by atoms with Crippen LogP contribution in [-0.2, 0) is 0 Å². The number of unbranched alkanes of at least 4 members (excludes halogenated alkanes) is 1. The highest BCUT2D eigenvalue weighted by atomic mass is 16.5. The SMILES string of the molecule is CCCCOc1cccc(-c2cc(C(=O)NCCC[NH+](CC)CC)c3ccccc3n2)c1. The fraction of sp³-hybridized carbons (Fsp3) is 0.407. The average molecular weight is 435 g/mol. The molecule has 0 saturated heterocycles. The molecule has 32 heavy (non-hydrogen) atoms. The van der Waals surface area contributed by atoms with Crippen molar-refractivity contribution in [2.75, 3.05) is 32.8 Å². The first-order valence-corrected chi connectivity index (χ1v) is 11.9. The molecular weight excluding hydrogens is 398 g/mol. The van der Waals surface area contributed by atoms with E-state index in [1.165, 1.54) is 0 Å². The van der Waals surface area contributed by atoms with Gasteiger partial charge >= 0.3 is 0 Å². The summed E-state index contributed by atoms with van der Waals surface area (Å²) in [6.07, 6.45) is 3.09. The lowest BCUT2D eigenvalue weighted by Gasteiger charge is -2.15. The predicted molar refractivity (Wildman–Crippen MR) is 131 cm³/mol. The fourth-order valence-corrected chi connectivity index (χ4v) is 3.83. The Morgan fingerprint density at radius 1 is 1.00 bits per heavy atom. The van der Waals surface area contributed by atoms with Crippen LogP contribution in [0.2, 0.25) is 0 Å². The van der Waals surface area contributed by atoms with Gasteiger partial charge in [0, 0.05) is 23.9 Å². The summed E-state index contributed by atoms with van der Waals surface area (Å²) in [5.74, 6) is 0.783. The van der Waals surface area contributed by atoms with E-state index in [0.717, 1.165) is 66.8 Å². The van der Waals surface area contributed by atoms with Gasteiger partial charge in [0.2, 0.25) is 0 Å². The summed E-state index contributed by atoms with van der Waals surface area (Å²) in [4.78, 5) is 19.5. The highest BCUT2D eigenvalue weighted by Gasteiger charge is 2.14. The first-order valence-electron chi connectivity index (χ1n) is 11.9. The van der Waals surface area contributed by atoms with Gasteiger partial charge in [-0.3, -0.25) is 4.79 Å². The van der Waals surface area contributed by atoms with Crippen molar-refractivity contribution in [3.8, 4) is 17.0 Å². The minimum absolute atomic E-state index is 0.0465. The molecule has 0 aliphatic rings. The van der Waals surface area contributed by atoms with E-state index in [9.17, 15) is 4.79 Å². The molecule has 0 atom stereocenters. The third-order valence-corrected chi connectivity index (χ3v) is 5.85. The molecule has 0 fully saturated rings. The molecule has 3 rings (SSSR count). The normalized spacial score (nSPS) is 11.1. The number of amides is 1. The van der Waals surface area contributed by atoms with Gasteiger partial charge in [0.25, 0.3) is 5.91 Å². The van der Waals surface area contributed by atoms with Gasteiger partial charge in [-0.25, -0.2) is 4.98 Å². The maximum atomic E-state index is 13.1. The minimum Gasteiger partial charge on any atom is -0.494 e. The summed E-state index contributed by atoms with van der Waals surface area (Å²) >= 11 is 0. The van der Waals surface area contributed by atoms with Gasteiger partial charge in [0.15, 0.2) is 0 Å². The third kappa shape index (κ3) is 6.30. The van der Waals surface area contributed by atoms with Crippen molar-refractivity contribution in [1.82, 2.24) is 10.3 Å². The number of benzene rings is 2. The van der Waals surface area contributed by atoms with Crippen LogP contribution in [0.5, 0.6) is 5.75 Å². The molecule has 0 bridgehead atoms. The second-order valence-electron chi connectivity index (χ2n) is 8.12. The minimum atomic E-state index is -0.0465. The monoisotopic (exact) mass is 434 g/mol. The average Bonchev–Trinajstić information content (AvgIpc) is 2.83. The zero-order chi connectivity index (χ0) is 22.8. The topological polar surface area (TPSA) is 55.7 Å². The second-order valence-corrected chi connectivity index (χ2v) is 8.12. The smallest absolute Gasteiger partial charge is 0.252 e. The lowest BCUT2D eigenvalue weighted by molar-refractivity contribution is -0.896. The Bertz CT molecular complexity index is 1010. The number of nitrogens with one attached hydrogen (secondary N) is 2. The van der Waals surface area contributed by atoms with Gasteiger partial charge in [-0.05, 0) is 44.5 Å². The van der Waals surface area contributed by atoms with Gasteiger partial charge in [-0.2, -0.15) is 0 Å². The van der Waals surface area contributed by atoms with Gasteiger partial charge in [-0.1, -0.05) is 43.7 Å². The number of quaternary nitrogens is 1. The number of pyridine rings is 1. The van der Waals surface area contributed by atoms with Crippen LogP contribution in [-0.4, -0.2) is 43.7 Å². The van der Waals surface area contributed by atoms with Gasteiger partial charge in [0.1, 0.15) is 5.75 Å². The molecule has 0 saturated carbocycles. The Morgan fingerprint density at radius 3 is 2.59 bits per heavy atom. The lowest BCUT2D eigenvalue weighted by Crippen LogP contribution is -3.11. The summed E-state index contributed by atoms with van der Waals surface area (Å²) in [5.41, 5.74) is 3.21. The number of ether oxygens (including phenoxy) is 1. The second kappa shape index (κ2) is 12.2. The molecule has 2 N–H and O–H groups in total. The van der Waals surface area contributed by atoms with E-state index in [1.807, 2.05) is 54.6 Å². The summed E-state index contributed by atoms with van der Waals surface area (Å²) in [6.45, 7) is 11.2. The van der Waals surface area contributed by atoms with Crippen molar-refractivity contribution in [1.29, 1.82) is 0 Å². The van der Waals surface area contributed by atoms with E-state index in [-0.39, 0.29) is 5.91 Å². The third-order valence-electron chi connectivity index (χ3n) is 5.85. The Labute approximate surface area is 191 Å². The molecule has 170 valence electrons. The fourth-order valence-electron chi connectivity index (χ4n) is 3.83. The molecule has 0 unspecified atom stereocenters. The van der Waals surface area contributed by atoms with Gasteiger partial charge in [-0.15, -0.1) is 0 Å². The molecular formula is C27H36N3O2+. The van der Waals surface area contributed by atoms with E-state index in [1.54, 1.807) is 4.90 Å². The van der Waals surface area contributed by atoms with Crippen LogP contribution >= 0.6 is 0 Å². The predicted octanol–water partition coefficient (Wildman–Crippen LogP) is 4.13. The summed E-state index contributed by atoms with van der Waals surface area (Å²) < 4.78 is 5.87. The maximum Gasteiger partial charge on any atom is 0.252 e. The number of fused-ring (bicyclic) bond motifs is 1. The molecule has 0 radical (unpaired) electrons. The summed E-state index contributed by atoms with van der Waals surface area (Å²) in [7, 11) is 0. The van der Waals surface area contributed by atoms with Gasteiger partial charge < -0.3 is 15.0 Å². The van der Waals surface area contributed by atoms with Crippen LogP contribution < -0.4 is 15.0 Å². The molecule has 2 aromatic carbocycles. The van der Waals surface area contributed by atoms with E-state index >= 15 is 0 Å². The zero-order valence-corrected chi connectivity index (χ0v) is 19.6. The van der Waals surface area contributed by atoms with Crippen LogP contribution in [0.4, 0.5) is 0 Å². The standard InChI is InChI=1S/C27H35N3O2/c1-4-7-18-32-22-13-10-12-21(19-22)26-20-24(23-14-8-9-15-25(23)29-26)27(31)28-16-11-17-30(5-2)6-3/h8-10,12-15,19-20H,4-7,11,16-18H2,1-3H3,(H,28,31)/p+1. The van der Waals surface area contributed by atoms with Gasteiger partial charge in [0.05, 0.1) is 43.0 Å². The van der Waals surface area contributed by atoms with E-state index < -0.39 is 0 Å². The molecule has 1 aromatic heterocycles. The van der Waals surface area contributed by atoms with E-state index in [0.29, 0.717) is 18.7 Å². The molecule has 3 aromatic rings. The number of carbonyl (C=O) groups is 1. The molecule has 5 nitrogen and oxygen atoms in total. The largest absolute Gasteiger partial charge is 0.494 e. The first-order chi connectivity index (χ1) is 15.7. The number of hydrogen-bond donors (Lipinski definition) is 2. The number of para-hydroxylation sites is 1. The quantitative estimate of drug-likeness (QED) is 0.422. The maximum absolute atomic E-state index is 13.1. The van der Waals surface area contributed by atoms with Crippen LogP contribution in [0.3, 0.4) is 0 Å². The Balaban J connectivity index is 1.81. The van der Waals surface area contributed by atoms with Crippen molar-refractivity contribution in [3.05, 3.63) is 60.2 Å². The number of carbonyl (C=O) groups excluding carboxylic acids is 1. The van der Waals surface area contributed by atoms with Crippen molar-refractivity contribution in [2.45, 2.75) is 40.0 Å². The summed E-state index contributed by atoms with van der Waals surface area (Å²) in [5, 5.41) is 3.99. The molecule has 1 amide bonds. The molecule has 1 heterocycles. The number of hydrogen-bond acceptors (Lipinski definition) is 3. The Kier molecular flexibility index (Phi) is 9.05. The molecule has 5 heteroatoms. The summed E-state index contributed by atoms with van der Waals surface area (Å²) in [6, 6.07) is 17.7. The molecule has 0 aliphatic carbocycles. The van der Waals surface area contributed by atoms with Crippen molar-refractivity contribution in [2.24, 2.45) is 0 Å². The van der Waals surface area contributed by atoms with Crippen molar-refractivity contribution in [3.63, 3.8) is 0 Å². The lowest BCUT2D eigenvalue weighted by atomic mass is 10.0. The first kappa shape index (κ1) is 23.7. The van der Waals surface area contributed by atoms with Crippen molar-refractivity contribution < 1.29 is 14.4 Å². The van der Waals surface area contributed by atoms with Crippen LogP contribution in [0.25, 0.3) is 22.2 Å². The van der Waals surface area contributed by atoms with Crippen LogP contribution in [0.15, 0.2) is 54.6 Å².